The molecular weight excluding hydrogens is 467 g/mol. The highest BCUT2D eigenvalue weighted by Gasteiger charge is 2.77. The topological polar surface area (TPSA) is 107 Å². The van der Waals surface area contributed by atoms with Crippen molar-refractivity contribution in [2.45, 2.75) is 90.5 Å². The lowest BCUT2D eigenvalue weighted by atomic mass is 9.44. The van der Waals surface area contributed by atoms with E-state index in [1.807, 2.05) is 6.92 Å². The predicted octanol–water partition coefficient (Wildman–Crippen LogP) is 3.82. The number of hydrogen-bond donors (Lipinski definition) is 1. The van der Waals surface area contributed by atoms with Gasteiger partial charge in [0.1, 0.15) is 0 Å². The van der Waals surface area contributed by atoms with E-state index in [0.717, 1.165) is 0 Å². The molecule has 0 unspecified atom stereocenters. The largest absolute Gasteiger partial charge is 0.457 e. The summed E-state index contributed by atoms with van der Waals surface area (Å²) in [6.07, 6.45) is 4.32. The molecule has 7 nitrogen and oxygen atoms in total. The minimum absolute atomic E-state index is 0.0430. The molecule has 1 N–H and O–H groups in total. The fraction of sp³-hybridized carbons (Fsp3) is 0.714. The molecule has 0 amide bonds. The highest BCUT2D eigenvalue weighted by atomic mass is 19.1. The maximum absolute atomic E-state index is 17.4. The van der Waals surface area contributed by atoms with Gasteiger partial charge in [-0.25, -0.2) is 4.39 Å². The molecule has 4 rings (SSSR count). The Morgan fingerprint density at radius 3 is 2.44 bits per heavy atom. The lowest BCUT2D eigenvalue weighted by Crippen LogP contribution is -2.70. The van der Waals surface area contributed by atoms with Gasteiger partial charge >= 0.3 is 11.9 Å². The second-order valence-electron chi connectivity index (χ2n) is 11.4. The number of aliphatic hydroxyl groups is 1. The highest BCUT2D eigenvalue weighted by Crippen LogP contribution is 2.71. The summed E-state index contributed by atoms with van der Waals surface area (Å²) in [6.45, 7) is 8.05. The van der Waals surface area contributed by atoms with Crippen molar-refractivity contribution in [3.8, 4) is 0 Å². The number of allylic oxidation sites excluding steroid dienone is 4. The van der Waals surface area contributed by atoms with Gasteiger partial charge in [0.15, 0.2) is 23.7 Å². The van der Waals surface area contributed by atoms with Crippen LogP contribution in [0.4, 0.5) is 4.39 Å². The molecule has 4 aliphatic carbocycles. The number of aliphatic hydroxyl groups excluding tert-OH is 1. The monoisotopic (exact) mass is 504 g/mol. The molecule has 36 heavy (non-hydrogen) atoms. The van der Waals surface area contributed by atoms with Gasteiger partial charge < -0.3 is 14.6 Å². The summed E-state index contributed by atoms with van der Waals surface area (Å²) in [4.78, 5) is 50.3. The second kappa shape index (κ2) is 8.89. The molecule has 0 heterocycles. The summed E-state index contributed by atoms with van der Waals surface area (Å²) in [5, 5.41) is 11.5. The van der Waals surface area contributed by atoms with Crippen molar-refractivity contribution in [2.75, 3.05) is 6.61 Å². The van der Waals surface area contributed by atoms with Crippen LogP contribution in [0.1, 0.15) is 73.1 Å². The highest BCUT2D eigenvalue weighted by molar-refractivity contribution is 6.01. The first-order valence-corrected chi connectivity index (χ1v) is 13.0. The molecule has 8 heteroatoms. The van der Waals surface area contributed by atoms with Crippen LogP contribution in [-0.2, 0) is 28.7 Å². The number of carbonyl (C=O) groups excluding carboxylic acids is 4. The fourth-order valence-corrected chi connectivity index (χ4v) is 8.01. The van der Waals surface area contributed by atoms with Gasteiger partial charge in [-0.05, 0) is 50.7 Å². The Balaban J connectivity index is 1.80. The number of esters is 2. The Labute approximate surface area is 211 Å². The number of alkyl halides is 1. The van der Waals surface area contributed by atoms with Crippen molar-refractivity contribution in [1.82, 2.24) is 0 Å². The predicted molar refractivity (Wildman–Crippen MR) is 128 cm³/mol. The van der Waals surface area contributed by atoms with Gasteiger partial charge in [-0.2, -0.15) is 0 Å². The van der Waals surface area contributed by atoms with E-state index in [-0.39, 0.29) is 31.0 Å². The van der Waals surface area contributed by atoms with Crippen molar-refractivity contribution >= 4 is 23.5 Å². The molecule has 3 saturated carbocycles. The van der Waals surface area contributed by atoms with Crippen molar-refractivity contribution in [3.63, 3.8) is 0 Å². The average Bonchev–Trinajstić information content (AvgIpc) is 3.05. The maximum Gasteiger partial charge on any atom is 0.306 e. The number of Topliss-reactive ketones (excluding diaryl/α,β-unsaturated/α-hetero) is 1. The zero-order valence-electron chi connectivity index (χ0n) is 21.8. The Morgan fingerprint density at radius 2 is 1.81 bits per heavy atom. The standard InChI is InChI=1S/C28H37FO7/c1-6-23(33)35-15-22(32)28(36-24(34)7-2)16(3)12-20-19-9-8-17-13-18(30)10-11-25(17,4)27(19,29)21(31)14-26(20,28)5/h10-11,13,16,19-21,31H,6-9,12,14-15H2,1-5H3/t16-,19-,20+,21-,25-,26-,27-,28-/m0/s1. The van der Waals surface area contributed by atoms with E-state index in [4.69, 9.17) is 9.47 Å². The van der Waals surface area contributed by atoms with Gasteiger partial charge in [0.05, 0.1) is 6.10 Å². The molecule has 0 aromatic rings. The van der Waals surface area contributed by atoms with Crippen LogP contribution in [0.15, 0.2) is 23.8 Å². The smallest absolute Gasteiger partial charge is 0.306 e. The zero-order valence-corrected chi connectivity index (χ0v) is 21.8. The van der Waals surface area contributed by atoms with Crippen LogP contribution in [0.25, 0.3) is 0 Å². The summed E-state index contributed by atoms with van der Waals surface area (Å²) in [6, 6.07) is 0. The Hall–Kier alpha value is -2.35. The van der Waals surface area contributed by atoms with E-state index < -0.39 is 64.4 Å². The summed E-state index contributed by atoms with van der Waals surface area (Å²) >= 11 is 0. The SMILES string of the molecule is CCC(=O)OCC(=O)[C@@]1(OC(=O)CC)[C@@H](C)C[C@@H]2[C@@H]3CCC4=CC(=O)C=C[C@]4(C)[C@@]3(F)[C@@H](O)C[C@@]21C. The number of fused-ring (bicyclic) bond motifs is 5. The fourth-order valence-electron chi connectivity index (χ4n) is 8.01. The number of rotatable bonds is 6. The third-order valence-electron chi connectivity index (χ3n) is 9.81. The van der Waals surface area contributed by atoms with Crippen molar-refractivity contribution in [1.29, 1.82) is 0 Å². The molecule has 0 bridgehead atoms. The van der Waals surface area contributed by atoms with Crippen molar-refractivity contribution < 1.29 is 38.1 Å². The molecule has 198 valence electrons. The molecule has 4 aliphatic rings. The number of carbonyl (C=O) groups is 4. The van der Waals surface area contributed by atoms with Gasteiger partial charge in [-0.1, -0.05) is 39.3 Å². The van der Waals surface area contributed by atoms with Gasteiger partial charge in [0.2, 0.25) is 5.78 Å². The first kappa shape index (κ1) is 26.7. The van der Waals surface area contributed by atoms with E-state index in [1.54, 1.807) is 33.8 Å². The maximum atomic E-state index is 17.4. The molecule has 0 aliphatic heterocycles. The van der Waals surface area contributed by atoms with Crippen LogP contribution in [0.2, 0.25) is 0 Å². The van der Waals surface area contributed by atoms with Gasteiger partial charge in [-0.3, -0.25) is 19.2 Å². The van der Waals surface area contributed by atoms with Gasteiger partial charge in [0.25, 0.3) is 0 Å². The lowest BCUT2D eigenvalue weighted by molar-refractivity contribution is -0.228. The Morgan fingerprint density at radius 1 is 1.14 bits per heavy atom. The van der Waals surface area contributed by atoms with Crippen LogP contribution >= 0.6 is 0 Å². The van der Waals surface area contributed by atoms with Crippen LogP contribution in [0.3, 0.4) is 0 Å². The van der Waals surface area contributed by atoms with Gasteiger partial charge in [0, 0.05) is 35.5 Å². The molecule has 0 spiro atoms. The van der Waals surface area contributed by atoms with E-state index in [9.17, 15) is 24.3 Å². The number of halogens is 1. The molecule has 0 aromatic heterocycles. The quantitative estimate of drug-likeness (QED) is 0.548. The second-order valence-corrected chi connectivity index (χ2v) is 11.4. The lowest BCUT2D eigenvalue weighted by Gasteiger charge is -2.62. The van der Waals surface area contributed by atoms with Crippen molar-refractivity contribution in [2.24, 2.45) is 28.6 Å². The number of ether oxygens (including phenoxy) is 2. The summed E-state index contributed by atoms with van der Waals surface area (Å²) in [7, 11) is 0. The van der Waals surface area contributed by atoms with Crippen LogP contribution in [0, 0.1) is 28.6 Å². The Kier molecular flexibility index (Phi) is 6.60. The summed E-state index contributed by atoms with van der Waals surface area (Å²) in [5.74, 6) is -3.31. The molecular formula is C28H37FO7. The number of hydrogen-bond acceptors (Lipinski definition) is 7. The van der Waals surface area contributed by atoms with Crippen molar-refractivity contribution in [3.05, 3.63) is 23.8 Å². The van der Waals surface area contributed by atoms with E-state index in [0.29, 0.717) is 24.8 Å². The summed E-state index contributed by atoms with van der Waals surface area (Å²) in [5.41, 5.74) is -5.26. The van der Waals surface area contributed by atoms with E-state index >= 15 is 4.39 Å². The van der Waals surface area contributed by atoms with E-state index in [1.165, 1.54) is 12.2 Å². The third kappa shape index (κ3) is 3.39. The van der Waals surface area contributed by atoms with Crippen LogP contribution in [0.5, 0.6) is 0 Å². The minimum atomic E-state index is -2.05. The molecule has 8 atom stereocenters. The zero-order chi connectivity index (χ0) is 26.7. The molecule has 3 fully saturated rings. The average molecular weight is 505 g/mol. The number of ketones is 2. The third-order valence-corrected chi connectivity index (χ3v) is 9.81. The molecule has 0 saturated heterocycles. The van der Waals surface area contributed by atoms with E-state index in [2.05, 4.69) is 0 Å². The molecule has 0 radical (unpaired) electrons. The first-order chi connectivity index (χ1) is 16.8. The minimum Gasteiger partial charge on any atom is -0.457 e. The molecule has 0 aromatic carbocycles. The normalized spacial score (nSPS) is 43.1. The van der Waals surface area contributed by atoms with Crippen LogP contribution < -0.4 is 0 Å². The summed E-state index contributed by atoms with van der Waals surface area (Å²) < 4.78 is 28.5. The first-order valence-electron chi connectivity index (χ1n) is 13.0. The Bertz CT molecular complexity index is 1050. The van der Waals surface area contributed by atoms with Crippen LogP contribution in [-0.4, -0.2) is 52.6 Å². The van der Waals surface area contributed by atoms with Gasteiger partial charge in [-0.15, -0.1) is 0 Å².